The predicted molar refractivity (Wildman–Crippen MR) is 101 cm³/mol. The number of hydrogen-bond donors (Lipinski definition) is 1. The second kappa shape index (κ2) is 7.98. The van der Waals surface area contributed by atoms with Crippen molar-refractivity contribution in [2.24, 2.45) is 5.92 Å². The maximum absolute atomic E-state index is 13.0. The number of amides is 2. The van der Waals surface area contributed by atoms with Crippen LogP contribution in [0.15, 0.2) is 23.1 Å². The molecule has 0 aliphatic carbocycles. The van der Waals surface area contributed by atoms with Crippen LogP contribution in [0.4, 0.5) is 0 Å². The monoisotopic (exact) mass is 393 g/mol. The Hall–Kier alpha value is -1.93. The first-order valence-corrected chi connectivity index (χ1v) is 11.0. The van der Waals surface area contributed by atoms with Gasteiger partial charge in [0.25, 0.3) is 0 Å². The Kier molecular flexibility index (Phi) is 5.86. The summed E-state index contributed by atoms with van der Waals surface area (Å²) < 4.78 is 26.8. The highest BCUT2D eigenvalue weighted by atomic mass is 32.2. The zero-order chi connectivity index (χ0) is 19.6. The van der Waals surface area contributed by atoms with Crippen LogP contribution < -0.4 is 4.72 Å². The highest BCUT2D eigenvalue weighted by molar-refractivity contribution is 7.89. The van der Waals surface area contributed by atoms with Gasteiger partial charge in [-0.25, -0.2) is 13.1 Å². The molecule has 1 N–H and O–H groups in total. The van der Waals surface area contributed by atoms with Crippen LogP contribution in [-0.4, -0.2) is 56.7 Å². The molecule has 1 aromatic rings. The Balaban J connectivity index is 1.75. The third-order valence-corrected chi connectivity index (χ3v) is 7.02. The van der Waals surface area contributed by atoms with Gasteiger partial charge in [0.2, 0.25) is 21.8 Å². The van der Waals surface area contributed by atoms with Gasteiger partial charge in [-0.05, 0) is 43.5 Å². The number of sulfonamides is 1. The first-order valence-electron chi connectivity index (χ1n) is 9.48. The molecule has 1 aromatic carbocycles. The maximum atomic E-state index is 13.0. The van der Waals surface area contributed by atoms with Crippen molar-refractivity contribution in [3.63, 3.8) is 0 Å². The third kappa shape index (κ3) is 4.01. The number of fused-ring (bicyclic) bond motifs is 1. The van der Waals surface area contributed by atoms with Crippen LogP contribution in [0.1, 0.15) is 37.3 Å². The number of hydrogen-bond acceptors (Lipinski definition) is 4. The van der Waals surface area contributed by atoms with E-state index in [0.717, 1.165) is 30.5 Å². The maximum Gasteiger partial charge on any atom is 0.240 e. The van der Waals surface area contributed by atoms with Gasteiger partial charge in [0.1, 0.15) is 0 Å². The Morgan fingerprint density at radius 2 is 2.00 bits per heavy atom. The average Bonchev–Trinajstić information content (AvgIpc) is 2.71. The summed E-state index contributed by atoms with van der Waals surface area (Å²) in [7, 11) is -2.11. The third-order valence-electron chi connectivity index (χ3n) is 5.52. The fourth-order valence-corrected chi connectivity index (χ4v) is 5.05. The molecule has 2 aliphatic rings. The van der Waals surface area contributed by atoms with Gasteiger partial charge >= 0.3 is 0 Å². The number of carbonyl (C=O) groups excluding carboxylic acids is 2. The number of nitrogens with zero attached hydrogens (tertiary/aromatic N) is 2. The number of carbonyl (C=O) groups is 2. The van der Waals surface area contributed by atoms with E-state index in [2.05, 4.69) is 4.72 Å². The lowest BCUT2D eigenvalue weighted by Crippen LogP contribution is -2.47. The van der Waals surface area contributed by atoms with Crippen molar-refractivity contribution in [1.82, 2.24) is 14.5 Å². The molecule has 1 saturated heterocycles. The topological polar surface area (TPSA) is 86.8 Å². The molecule has 8 heteroatoms. The van der Waals surface area contributed by atoms with Crippen molar-refractivity contribution in [3.05, 3.63) is 29.3 Å². The predicted octanol–water partition coefficient (Wildman–Crippen LogP) is 1.13. The van der Waals surface area contributed by atoms with Crippen molar-refractivity contribution < 1.29 is 18.0 Å². The molecule has 2 heterocycles. The first kappa shape index (κ1) is 19.8. The van der Waals surface area contributed by atoms with Gasteiger partial charge in [-0.2, -0.15) is 0 Å². The summed E-state index contributed by atoms with van der Waals surface area (Å²) in [5.41, 5.74) is 1.67. The molecule has 0 saturated carbocycles. The van der Waals surface area contributed by atoms with E-state index in [9.17, 15) is 18.0 Å². The van der Waals surface area contributed by atoms with Crippen LogP contribution in [-0.2, 0) is 32.6 Å². The van der Waals surface area contributed by atoms with Gasteiger partial charge in [0, 0.05) is 32.6 Å². The normalized spacial score (nSPS) is 20.3. The minimum absolute atomic E-state index is 0.0659. The van der Waals surface area contributed by atoms with E-state index in [-0.39, 0.29) is 17.7 Å². The number of piperidine rings is 1. The molecule has 2 aliphatic heterocycles. The fourth-order valence-electron chi connectivity index (χ4n) is 4.01. The average molecular weight is 394 g/mol. The molecule has 0 radical (unpaired) electrons. The summed E-state index contributed by atoms with van der Waals surface area (Å²) in [6.07, 6.45) is 2.62. The Bertz CT molecular complexity index is 837. The van der Waals surface area contributed by atoms with Crippen molar-refractivity contribution in [3.8, 4) is 0 Å². The SMILES string of the molecule is CCC(=O)N1CCCC(C(=O)N2CCc3c(cccc3S(=O)(=O)NC)C2)C1. The fraction of sp³-hybridized carbons (Fsp3) is 0.579. The molecule has 0 aromatic heterocycles. The largest absolute Gasteiger partial charge is 0.342 e. The van der Waals surface area contributed by atoms with Gasteiger partial charge in [0.05, 0.1) is 10.8 Å². The Morgan fingerprint density at radius 1 is 1.22 bits per heavy atom. The van der Waals surface area contributed by atoms with E-state index in [0.29, 0.717) is 37.4 Å². The van der Waals surface area contributed by atoms with E-state index in [1.54, 1.807) is 17.0 Å². The Labute approximate surface area is 160 Å². The van der Waals surface area contributed by atoms with Crippen LogP contribution in [0.25, 0.3) is 0 Å². The quantitative estimate of drug-likeness (QED) is 0.831. The second-order valence-electron chi connectivity index (χ2n) is 7.14. The molecule has 7 nitrogen and oxygen atoms in total. The molecule has 148 valence electrons. The highest BCUT2D eigenvalue weighted by Gasteiger charge is 2.33. The summed E-state index contributed by atoms with van der Waals surface area (Å²) in [6.45, 7) is 3.97. The van der Waals surface area contributed by atoms with Crippen LogP contribution in [0.3, 0.4) is 0 Å². The van der Waals surface area contributed by atoms with Crippen LogP contribution in [0.5, 0.6) is 0 Å². The molecule has 1 fully saturated rings. The van der Waals surface area contributed by atoms with Crippen molar-refractivity contribution in [1.29, 1.82) is 0 Å². The summed E-state index contributed by atoms with van der Waals surface area (Å²) in [5.74, 6) is -0.00504. The van der Waals surface area contributed by atoms with E-state index in [1.807, 2.05) is 17.9 Å². The zero-order valence-electron chi connectivity index (χ0n) is 15.9. The molecular weight excluding hydrogens is 366 g/mol. The lowest BCUT2D eigenvalue weighted by atomic mass is 9.93. The summed E-state index contributed by atoms with van der Waals surface area (Å²) >= 11 is 0. The molecule has 0 bridgehead atoms. The van der Waals surface area contributed by atoms with Crippen LogP contribution >= 0.6 is 0 Å². The Morgan fingerprint density at radius 3 is 2.70 bits per heavy atom. The smallest absolute Gasteiger partial charge is 0.240 e. The van der Waals surface area contributed by atoms with E-state index < -0.39 is 10.0 Å². The number of nitrogens with one attached hydrogen (secondary N) is 1. The lowest BCUT2D eigenvalue weighted by Gasteiger charge is -2.37. The number of rotatable bonds is 4. The second-order valence-corrected chi connectivity index (χ2v) is 9.00. The van der Waals surface area contributed by atoms with Crippen molar-refractivity contribution in [2.75, 3.05) is 26.7 Å². The number of likely N-dealkylation sites (tertiary alicyclic amines) is 1. The van der Waals surface area contributed by atoms with Crippen molar-refractivity contribution >= 4 is 21.8 Å². The molecule has 1 atom stereocenters. The van der Waals surface area contributed by atoms with E-state index in [4.69, 9.17) is 0 Å². The van der Waals surface area contributed by atoms with Gasteiger partial charge in [-0.1, -0.05) is 19.1 Å². The molecule has 27 heavy (non-hydrogen) atoms. The van der Waals surface area contributed by atoms with E-state index in [1.165, 1.54) is 7.05 Å². The minimum atomic E-state index is -3.52. The highest BCUT2D eigenvalue weighted by Crippen LogP contribution is 2.28. The molecule has 0 spiro atoms. The van der Waals surface area contributed by atoms with Gasteiger partial charge in [-0.3, -0.25) is 9.59 Å². The summed E-state index contributed by atoms with van der Waals surface area (Å²) in [5, 5.41) is 0. The zero-order valence-corrected chi connectivity index (χ0v) is 16.7. The summed E-state index contributed by atoms with van der Waals surface area (Å²) in [6, 6.07) is 5.22. The van der Waals surface area contributed by atoms with Gasteiger partial charge in [-0.15, -0.1) is 0 Å². The van der Waals surface area contributed by atoms with Crippen LogP contribution in [0.2, 0.25) is 0 Å². The molecule has 1 unspecified atom stereocenters. The number of benzene rings is 1. The van der Waals surface area contributed by atoms with E-state index >= 15 is 0 Å². The van der Waals surface area contributed by atoms with Crippen LogP contribution in [0, 0.1) is 5.92 Å². The molecule has 3 rings (SSSR count). The molecule has 2 amide bonds. The minimum Gasteiger partial charge on any atom is -0.342 e. The van der Waals surface area contributed by atoms with Crippen molar-refractivity contribution in [2.45, 2.75) is 44.0 Å². The van der Waals surface area contributed by atoms with Gasteiger partial charge < -0.3 is 9.80 Å². The van der Waals surface area contributed by atoms with Gasteiger partial charge in [0.15, 0.2) is 0 Å². The summed E-state index contributed by atoms with van der Waals surface area (Å²) in [4.78, 5) is 28.9. The molecular formula is C19H27N3O4S. The standard InChI is InChI=1S/C19H27N3O4S/c1-3-18(23)21-10-5-7-15(13-21)19(24)22-11-9-16-14(12-22)6-4-8-17(16)27(25,26)20-2/h4,6,8,15,20H,3,5,7,9-13H2,1-2H3. The lowest BCUT2D eigenvalue weighted by molar-refractivity contribution is -0.141. The first-order chi connectivity index (χ1) is 12.9.